The lowest BCUT2D eigenvalue weighted by atomic mass is 10.2. The molecule has 15 heavy (non-hydrogen) atoms. The van der Waals surface area contributed by atoms with Crippen molar-refractivity contribution in [2.75, 3.05) is 5.32 Å². The third-order valence-corrected chi connectivity index (χ3v) is 1.79. The highest BCUT2D eigenvalue weighted by Gasteiger charge is 2.07. The number of phenols is 1. The summed E-state index contributed by atoms with van der Waals surface area (Å²) in [6.07, 6.45) is 1.36. The normalized spacial score (nSPS) is 9.87. The molecule has 1 aromatic heterocycles. The minimum Gasteiger partial charge on any atom is -0.508 e. The monoisotopic (exact) mass is 204 g/mol. The Balaban J connectivity index is 2.15. The number of aromatic hydroxyl groups is 1. The molecule has 1 aromatic carbocycles. The Bertz CT molecular complexity index is 465. The zero-order valence-electron chi connectivity index (χ0n) is 7.68. The minimum atomic E-state index is -0.347. The highest BCUT2D eigenvalue weighted by molar-refractivity contribution is 6.03. The average Bonchev–Trinajstić information content (AvgIpc) is 2.70. The molecule has 0 saturated heterocycles. The number of hydrogen-bond acceptors (Lipinski definition) is 4. The van der Waals surface area contributed by atoms with Crippen LogP contribution in [0.4, 0.5) is 5.82 Å². The van der Waals surface area contributed by atoms with Crippen LogP contribution >= 0.6 is 0 Å². The van der Waals surface area contributed by atoms with Crippen LogP contribution in [0.3, 0.4) is 0 Å². The van der Waals surface area contributed by atoms with Crippen molar-refractivity contribution >= 4 is 11.7 Å². The quantitative estimate of drug-likeness (QED) is 0.779. The molecule has 2 N–H and O–H groups in total. The van der Waals surface area contributed by atoms with Gasteiger partial charge in [0.1, 0.15) is 12.0 Å². The van der Waals surface area contributed by atoms with Gasteiger partial charge in [-0.2, -0.15) is 0 Å². The molecule has 0 spiro atoms. The molecular formula is C10H8N2O3. The molecule has 0 bridgehead atoms. The second-order valence-electron chi connectivity index (χ2n) is 2.89. The van der Waals surface area contributed by atoms with E-state index >= 15 is 0 Å². The van der Waals surface area contributed by atoms with E-state index in [2.05, 4.69) is 15.0 Å². The highest BCUT2D eigenvalue weighted by Crippen LogP contribution is 2.12. The number of amides is 1. The van der Waals surface area contributed by atoms with Crippen molar-refractivity contribution in [3.05, 3.63) is 42.2 Å². The Labute approximate surface area is 85.3 Å². The van der Waals surface area contributed by atoms with Crippen LogP contribution < -0.4 is 5.32 Å². The summed E-state index contributed by atoms with van der Waals surface area (Å²) in [4.78, 5) is 11.6. The van der Waals surface area contributed by atoms with Crippen molar-refractivity contribution in [3.8, 4) is 5.75 Å². The summed E-state index contributed by atoms with van der Waals surface area (Å²) >= 11 is 0. The maximum atomic E-state index is 11.6. The fourth-order valence-corrected chi connectivity index (χ4v) is 1.11. The van der Waals surface area contributed by atoms with Gasteiger partial charge in [-0.25, -0.2) is 0 Å². The summed E-state index contributed by atoms with van der Waals surface area (Å²) in [6, 6.07) is 7.57. The van der Waals surface area contributed by atoms with Crippen LogP contribution in [0.25, 0.3) is 0 Å². The van der Waals surface area contributed by atoms with Gasteiger partial charge >= 0.3 is 0 Å². The molecule has 0 aliphatic heterocycles. The van der Waals surface area contributed by atoms with Crippen molar-refractivity contribution in [2.45, 2.75) is 0 Å². The highest BCUT2D eigenvalue weighted by atomic mass is 16.5. The van der Waals surface area contributed by atoms with Gasteiger partial charge in [0.2, 0.25) is 0 Å². The van der Waals surface area contributed by atoms with E-state index in [0.29, 0.717) is 11.4 Å². The number of anilines is 1. The van der Waals surface area contributed by atoms with Crippen molar-refractivity contribution in [2.24, 2.45) is 0 Å². The number of hydrogen-bond donors (Lipinski definition) is 2. The van der Waals surface area contributed by atoms with E-state index in [9.17, 15) is 9.90 Å². The smallest absolute Gasteiger partial charge is 0.257 e. The Morgan fingerprint density at radius 3 is 2.93 bits per heavy atom. The van der Waals surface area contributed by atoms with Crippen LogP contribution in [0.1, 0.15) is 10.4 Å². The van der Waals surface area contributed by atoms with E-state index in [1.165, 1.54) is 24.5 Å². The molecule has 0 unspecified atom stereocenters. The number of carbonyl (C=O) groups excluding carboxylic acids is 1. The summed E-state index contributed by atoms with van der Waals surface area (Å²) < 4.78 is 4.56. The summed E-state index contributed by atoms with van der Waals surface area (Å²) in [5.74, 6) is 0.0333. The zero-order valence-corrected chi connectivity index (χ0v) is 7.68. The van der Waals surface area contributed by atoms with Gasteiger partial charge in [0.15, 0.2) is 5.82 Å². The molecule has 5 heteroatoms. The molecule has 0 fully saturated rings. The molecule has 2 rings (SSSR count). The molecular weight excluding hydrogens is 196 g/mol. The Kier molecular flexibility index (Phi) is 2.37. The van der Waals surface area contributed by atoms with Crippen molar-refractivity contribution in [1.82, 2.24) is 5.16 Å². The predicted octanol–water partition coefficient (Wildman–Crippen LogP) is 1.63. The molecule has 0 aliphatic rings. The Hall–Kier alpha value is -2.30. The van der Waals surface area contributed by atoms with E-state index in [0.717, 1.165) is 0 Å². The van der Waals surface area contributed by atoms with Crippen LogP contribution in [0, 0.1) is 0 Å². The number of rotatable bonds is 2. The number of benzene rings is 1. The summed E-state index contributed by atoms with van der Waals surface area (Å²) in [5.41, 5.74) is 0.359. The van der Waals surface area contributed by atoms with Gasteiger partial charge in [-0.3, -0.25) is 4.79 Å². The first-order valence-corrected chi connectivity index (χ1v) is 4.26. The third-order valence-electron chi connectivity index (χ3n) is 1.79. The largest absolute Gasteiger partial charge is 0.508 e. The predicted molar refractivity (Wildman–Crippen MR) is 52.6 cm³/mol. The van der Waals surface area contributed by atoms with Crippen molar-refractivity contribution in [1.29, 1.82) is 0 Å². The van der Waals surface area contributed by atoms with E-state index in [-0.39, 0.29) is 11.7 Å². The average molecular weight is 204 g/mol. The fraction of sp³-hybridized carbons (Fsp3) is 0. The number of nitrogens with zero attached hydrogens (tertiary/aromatic N) is 1. The van der Waals surface area contributed by atoms with Crippen LogP contribution in [0.15, 0.2) is 41.1 Å². The van der Waals surface area contributed by atoms with E-state index < -0.39 is 0 Å². The van der Waals surface area contributed by atoms with Gasteiger partial charge in [0.05, 0.1) is 0 Å². The first-order valence-electron chi connectivity index (χ1n) is 4.26. The molecule has 0 atom stereocenters. The van der Waals surface area contributed by atoms with Crippen LogP contribution in [-0.4, -0.2) is 16.2 Å². The fourth-order valence-electron chi connectivity index (χ4n) is 1.11. The number of aromatic nitrogens is 1. The van der Waals surface area contributed by atoms with E-state index in [1.807, 2.05) is 0 Å². The molecule has 76 valence electrons. The molecule has 5 nitrogen and oxygen atoms in total. The maximum Gasteiger partial charge on any atom is 0.257 e. The van der Waals surface area contributed by atoms with E-state index in [1.54, 1.807) is 12.1 Å². The third kappa shape index (κ3) is 2.14. The molecule has 1 amide bonds. The van der Waals surface area contributed by atoms with Crippen molar-refractivity contribution < 1.29 is 14.4 Å². The van der Waals surface area contributed by atoms with Gasteiger partial charge < -0.3 is 14.9 Å². The molecule has 0 aliphatic carbocycles. The standard InChI is InChI=1S/C10H8N2O3/c13-8-3-1-2-7(6-8)10(14)11-9-4-5-15-12-9/h1-6,13H,(H,11,12,14). The van der Waals surface area contributed by atoms with Gasteiger partial charge in [0.25, 0.3) is 5.91 Å². The maximum absolute atomic E-state index is 11.6. The number of phenolic OH excluding ortho intramolecular Hbond substituents is 1. The topological polar surface area (TPSA) is 75.4 Å². The molecule has 0 saturated carbocycles. The van der Waals surface area contributed by atoms with Crippen LogP contribution in [0.5, 0.6) is 5.75 Å². The van der Waals surface area contributed by atoms with Crippen LogP contribution in [-0.2, 0) is 0 Å². The van der Waals surface area contributed by atoms with Gasteiger partial charge in [-0.05, 0) is 18.2 Å². The minimum absolute atomic E-state index is 0.0443. The second-order valence-corrected chi connectivity index (χ2v) is 2.89. The SMILES string of the molecule is O=C(Nc1ccon1)c1cccc(O)c1. The van der Waals surface area contributed by atoms with Gasteiger partial charge in [-0.1, -0.05) is 11.2 Å². The first-order chi connectivity index (χ1) is 7.25. The lowest BCUT2D eigenvalue weighted by molar-refractivity contribution is 0.102. The molecule has 2 aromatic rings. The lowest BCUT2D eigenvalue weighted by Crippen LogP contribution is -2.11. The summed E-state index contributed by atoms with van der Waals surface area (Å²) in [6.45, 7) is 0. The zero-order chi connectivity index (χ0) is 10.7. The Morgan fingerprint density at radius 2 is 2.27 bits per heavy atom. The van der Waals surface area contributed by atoms with Gasteiger partial charge in [-0.15, -0.1) is 0 Å². The van der Waals surface area contributed by atoms with E-state index in [4.69, 9.17) is 0 Å². The molecule has 0 radical (unpaired) electrons. The Morgan fingerprint density at radius 1 is 1.40 bits per heavy atom. The number of nitrogens with one attached hydrogen (secondary N) is 1. The summed E-state index contributed by atoms with van der Waals surface area (Å²) in [5, 5.41) is 15.2. The lowest BCUT2D eigenvalue weighted by Gasteiger charge is -2.01. The first kappa shape index (κ1) is 9.26. The van der Waals surface area contributed by atoms with Crippen LogP contribution in [0.2, 0.25) is 0 Å². The molecule has 1 heterocycles. The second kappa shape index (κ2) is 3.83. The summed E-state index contributed by atoms with van der Waals surface area (Å²) in [7, 11) is 0. The number of carbonyl (C=O) groups is 1. The van der Waals surface area contributed by atoms with Crippen molar-refractivity contribution in [3.63, 3.8) is 0 Å². The van der Waals surface area contributed by atoms with Gasteiger partial charge in [0, 0.05) is 11.6 Å².